The molecule has 0 aliphatic rings. The fourth-order valence-electron chi connectivity index (χ4n) is 2.98. The molecule has 3 nitrogen and oxygen atoms in total. The molecule has 1 unspecified atom stereocenters. The van der Waals surface area contributed by atoms with Gasteiger partial charge in [-0.25, -0.2) is 0 Å². The Kier molecular flexibility index (Phi) is 12.0. The fourth-order valence-corrected chi connectivity index (χ4v) is 3.39. The van der Waals surface area contributed by atoms with E-state index in [2.05, 4.69) is 86.6 Å². The summed E-state index contributed by atoms with van der Waals surface area (Å²) < 4.78 is 0. The Hall–Kier alpha value is -0.936. The van der Waals surface area contributed by atoms with Crippen LogP contribution in [0, 0.1) is 26.4 Å². The Balaban J connectivity index is 0.00000420. The largest absolute Gasteiger partial charge is 0.564 e. The summed E-state index contributed by atoms with van der Waals surface area (Å²) in [5.41, 5.74) is 10.1. The van der Waals surface area contributed by atoms with Crippen molar-refractivity contribution in [1.82, 2.24) is 5.43 Å². The molecule has 2 rings (SSSR count). The first-order chi connectivity index (χ1) is 13.4. The van der Waals surface area contributed by atoms with Gasteiger partial charge in [0.2, 0.25) is 0 Å². The first kappa shape index (κ1) is 26.1. The van der Waals surface area contributed by atoms with Gasteiger partial charge >= 0.3 is 0 Å². The van der Waals surface area contributed by atoms with Crippen LogP contribution in [-0.4, -0.2) is 23.6 Å². The SMILES string of the molecule is C=C(Cc1ccc(C)c(C)c1)C(C)C/C(=N\NC[CH-]O)c1ccc(SC)cc1.[Y]. The van der Waals surface area contributed by atoms with Gasteiger partial charge < -0.3 is 10.5 Å². The number of hydrogen-bond acceptors (Lipinski definition) is 4. The molecule has 0 saturated carbocycles. The first-order valence-corrected chi connectivity index (χ1v) is 10.8. The van der Waals surface area contributed by atoms with Gasteiger partial charge in [0.1, 0.15) is 0 Å². The van der Waals surface area contributed by atoms with Crippen LogP contribution in [0.5, 0.6) is 0 Å². The van der Waals surface area contributed by atoms with E-state index in [0.29, 0.717) is 12.5 Å². The van der Waals surface area contributed by atoms with E-state index in [4.69, 9.17) is 5.11 Å². The van der Waals surface area contributed by atoms with Crippen molar-refractivity contribution < 1.29 is 37.8 Å². The number of allylic oxidation sites excluding steroid dienone is 1. The van der Waals surface area contributed by atoms with Crippen molar-refractivity contribution in [3.8, 4) is 0 Å². The maximum atomic E-state index is 8.92. The molecule has 0 aliphatic carbocycles. The van der Waals surface area contributed by atoms with Crippen LogP contribution in [0.15, 0.2) is 64.6 Å². The van der Waals surface area contributed by atoms with Crippen LogP contribution < -0.4 is 5.43 Å². The summed E-state index contributed by atoms with van der Waals surface area (Å²) in [6, 6.07) is 15.1. The Morgan fingerprint density at radius 2 is 1.86 bits per heavy atom. The van der Waals surface area contributed by atoms with E-state index in [1.54, 1.807) is 11.8 Å². The Labute approximate surface area is 205 Å². The van der Waals surface area contributed by atoms with Crippen molar-refractivity contribution in [3.63, 3.8) is 0 Å². The molecular weight excluding hydrogens is 453 g/mol. The van der Waals surface area contributed by atoms with Crippen molar-refractivity contribution in [2.45, 2.75) is 38.5 Å². The molecule has 2 aromatic rings. The Bertz CT molecular complexity index is 818. The molecule has 5 heteroatoms. The van der Waals surface area contributed by atoms with Gasteiger partial charge in [-0.15, -0.1) is 11.8 Å². The van der Waals surface area contributed by atoms with Crippen LogP contribution in [0.3, 0.4) is 0 Å². The second-order valence-electron chi connectivity index (χ2n) is 7.19. The average molecular weight is 484 g/mol. The molecule has 2 aromatic carbocycles. The van der Waals surface area contributed by atoms with Crippen molar-refractivity contribution in [2.75, 3.05) is 12.8 Å². The molecule has 153 valence electrons. The van der Waals surface area contributed by atoms with Gasteiger partial charge in [0.25, 0.3) is 0 Å². The normalized spacial score (nSPS) is 12.2. The number of nitrogens with zero attached hydrogens (tertiary/aromatic N) is 1. The standard InChI is InChI=1S/C24H31N2OS.Y/c1-17-6-7-21(14-18(17)2)15-19(3)20(4)16-24(26-25-12-13-27)22-8-10-23(28-5)11-9-22;/h6-11,13-14,20,25,27H,3,12,15-16H2,1-2,4-5H3;/q-1;/b26-24+;. The number of hydrazone groups is 1. The molecular formula is C24H31N2OSY-. The smallest absolute Gasteiger partial charge is 0.0679 e. The predicted molar refractivity (Wildman–Crippen MR) is 122 cm³/mol. The van der Waals surface area contributed by atoms with Crippen LogP contribution in [0.25, 0.3) is 0 Å². The summed E-state index contributed by atoms with van der Waals surface area (Å²) >= 11 is 1.73. The number of aliphatic hydroxyl groups excluding tert-OH is 1. The van der Waals surface area contributed by atoms with Gasteiger partial charge in [-0.1, -0.05) is 56.0 Å². The molecule has 0 aromatic heterocycles. The van der Waals surface area contributed by atoms with E-state index in [9.17, 15) is 0 Å². The van der Waals surface area contributed by atoms with E-state index >= 15 is 0 Å². The van der Waals surface area contributed by atoms with Gasteiger partial charge in [-0.3, -0.25) is 0 Å². The number of benzene rings is 2. The van der Waals surface area contributed by atoms with Crippen molar-refractivity contribution >= 4 is 17.5 Å². The average Bonchev–Trinajstić information content (AvgIpc) is 2.70. The third kappa shape index (κ3) is 8.37. The molecule has 1 atom stereocenters. The van der Waals surface area contributed by atoms with E-state index in [1.165, 1.54) is 27.2 Å². The minimum Gasteiger partial charge on any atom is -0.564 e. The zero-order chi connectivity index (χ0) is 20.5. The second-order valence-corrected chi connectivity index (χ2v) is 8.07. The first-order valence-electron chi connectivity index (χ1n) is 9.58. The monoisotopic (exact) mass is 484 g/mol. The molecule has 0 fully saturated rings. The van der Waals surface area contributed by atoms with Crippen LogP contribution in [0.1, 0.15) is 35.6 Å². The zero-order valence-corrected chi connectivity index (χ0v) is 21.6. The number of aliphatic hydroxyl groups is 1. The molecule has 0 spiro atoms. The number of rotatable bonds is 10. The summed E-state index contributed by atoms with van der Waals surface area (Å²) in [5.74, 6) is 0.292. The summed E-state index contributed by atoms with van der Waals surface area (Å²) in [6.07, 6.45) is 3.74. The number of thioether (sulfide) groups is 1. The molecule has 1 radical (unpaired) electrons. The van der Waals surface area contributed by atoms with E-state index in [0.717, 1.165) is 30.7 Å². The minimum atomic E-state index is 0. The molecule has 0 aliphatic heterocycles. The van der Waals surface area contributed by atoms with Gasteiger partial charge in [0.15, 0.2) is 0 Å². The number of aryl methyl sites for hydroxylation is 2. The third-order valence-electron chi connectivity index (χ3n) is 5.02. The van der Waals surface area contributed by atoms with E-state index in [1.807, 2.05) is 0 Å². The van der Waals surface area contributed by atoms with Crippen molar-refractivity contribution in [2.24, 2.45) is 11.0 Å². The van der Waals surface area contributed by atoms with Gasteiger partial charge in [0.05, 0.1) is 5.71 Å². The van der Waals surface area contributed by atoms with Crippen molar-refractivity contribution in [1.29, 1.82) is 0 Å². The predicted octanol–water partition coefficient (Wildman–Crippen LogP) is 5.68. The zero-order valence-electron chi connectivity index (χ0n) is 17.9. The second kappa shape index (κ2) is 13.4. The van der Waals surface area contributed by atoms with E-state index < -0.39 is 0 Å². The molecule has 2 N–H and O–H groups in total. The maximum absolute atomic E-state index is 8.92. The number of nitrogens with one attached hydrogen (secondary N) is 1. The van der Waals surface area contributed by atoms with Crippen LogP contribution in [0.2, 0.25) is 0 Å². The molecule has 29 heavy (non-hydrogen) atoms. The maximum Gasteiger partial charge on any atom is 0.0679 e. The Morgan fingerprint density at radius 1 is 1.17 bits per heavy atom. The van der Waals surface area contributed by atoms with E-state index in [-0.39, 0.29) is 32.7 Å². The van der Waals surface area contributed by atoms with Gasteiger partial charge in [-0.2, -0.15) is 11.7 Å². The fraction of sp³-hybridized carbons (Fsp3) is 0.333. The quantitative estimate of drug-likeness (QED) is 0.114. The van der Waals surface area contributed by atoms with Crippen LogP contribution in [0.4, 0.5) is 0 Å². The van der Waals surface area contributed by atoms with Gasteiger partial charge in [0, 0.05) is 37.6 Å². The van der Waals surface area contributed by atoms with Crippen LogP contribution >= 0.6 is 11.8 Å². The van der Waals surface area contributed by atoms with Gasteiger partial charge in [-0.05, 0) is 73.2 Å². The summed E-state index contributed by atoms with van der Waals surface area (Å²) in [7, 11) is 0. The Morgan fingerprint density at radius 3 is 2.45 bits per heavy atom. The number of hydrogen-bond donors (Lipinski definition) is 2. The molecule has 0 amide bonds. The minimum absolute atomic E-state index is 0. The third-order valence-corrected chi connectivity index (χ3v) is 5.76. The summed E-state index contributed by atoms with van der Waals surface area (Å²) in [4.78, 5) is 1.23. The summed E-state index contributed by atoms with van der Waals surface area (Å²) in [5, 5.41) is 13.4. The summed E-state index contributed by atoms with van der Waals surface area (Å²) in [6.45, 7) is 12.2. The van der Waals surface area contributed by atoms with Crippen LogP contribution in [-0.2, 0) is 39.1 Å². The molecule has 0 heterocycles. The molecule has 0 saturated heterocycles. The van der Waals surface area contributed by atoms with Crippen molar-refractivity contribution in [3.05, 3.63) is 83.5 Å². The molecule has 0 bridgehead atoms. The topological polar surface area (TPSA) is 44.6 Å².